The molecular weight excluding hydrogens is 326 g/mol. The van der Waals surface area contributed by atoms with E-state index in [1.165, 1.54) is 37.7 Å². The number of nitrogens with zero attached hydrogens (tertiary/aromatic N) is 3. The van der Waals surface area contributed by atoms with Gasteiger partial charge in [-0.1, -0.05) is 36.6 Å². The third-order valence-electron chi connectivity index (χ3n) is 5.84. The van der Waals surface area contributed by atoms with Crippen LogP contribution in [0.25, 0.3) is 0 Å². The lowest BCUT2D eigenvalue weighted by Gasteiger charge is -2.31. The van der Waals surface area contributed by atoms with E-state index in [-0.39, 0.29) is 11.8 Å². The lowest BCUT2D eigenvalue weighted by atomic mass is 9.84. The second-order valence-electron chi connectivity index (χ2n) is 7.73. The van der Waals surface area contributed by atoms with Gasteiger partial charge in [-0.2, -0.15) is 4.98 Å². The molecule has 0 N–H and O–H groups in total. The number of piperidine rings is 1. The number of aryl methyl sites for hydroxylation is 1. The third-order valence-corrected chi connectivity index (χ3v) is 5.84. The molecule has 5 nitrogen and oxygen atoms in total. The van der Waals surface area contributed by atoms with Gasteiger partial charge < -0.3 is 9.42 Å². The second-order valence-corrected chi connectivity index (χ2v) is 7.73. The zero-order valence-electron chi connectivity index (χ0n) is 15.5. The summed E-state index contributed by atoms with van der Waals surface area (Å²) in [6.07, 6.45) is 8.55. The van der Waals surface area contributed by atoms with Crippen LogP contribution in [0, 0.1) is 6.92 Å². The number of carbonyl (C=O) groups is 1. The molecule has 2 aliphatic rings. The third kappa shape index (κ3) is 3.67. The predicted molar refractivity (Wildman–Crippen MR) is 99.2 cm³/mol. The highest BCUT2D eigenvalue weighted by molar-refractivity contribution is 5.94. The van der Waals surface area contributed by atoms with Crippen molar-refractivity contribution in [2.75, 3.05) is 13.1 Å². The zero-order chi connectivity index (χ0) is 17.9. The van der Waals surface area contributed by atoms with Crippen LogP contribution in [-0.4, -0.2) is 34.0 Å². The number of carbonyl (C=O) groups excluding carboxylic acids is 1. The maximum Gasteiger partial charge on any atom is 0.253 e. The molecule has 1 atom stereocenters. The van der Waals surface area contributed by atoms with Crippen molar-refractivity contribution in [1.29, 1.82) is 0 Å². The van der Waals surface area contributed by atoms with Crippen LogP contribution in [0.5, 0.6) is 0 Å². The molecule has 1 saturated carbocycles. The van der Waals surface area contributed by atoms with Gasteiger partial charge >= 0.3 is 0 Å². The number of hydrogen-bond donors (Lipinski definition) is 0. The van der Waals surface area contributed by atoms with E-state index in [1.807, 2.05) is 24.0 Å². The van der Waals surface area contributed by atoms with Crippen molar-refractivity contribution in [2.24, 2.45) is 0 Å². The molecule has 1 aromatic carbocycles. The van der Waals surface area contributed by atoms with Crippen molar-refractivity contribution >= 4 is 5.91 Å². The largest absolute Gasteiger partial charge is 0.339 e. The van der Waals surface area contributed by atoms with Crippen molar-refractivity contribution in [3.63, 3.8) is 0 Å². The number of amides is 1. The van der Waals surface area contributed by atoms with Gasteiger partial charge in [0.15, 0.2) is 5.82 Å². The maximum atomic E-state index is 12.9. The van der Waals surface area contributed by atoms with Crippen molar-refractivity contribution in [1.82, 2.24) is 15.0 Å². The van der Waals surface area contributed by atoms with E-state index >= 15 is 0 Å². The van der Waals surface area contributed by atoms with Gasteiger partial charge in [-0.15, -0.1) is 0 Å². The van der Waals surface area contributed by atoms with Crippen LogP contribution in [0.2, 0.25) is 0 Å². The summed E-state index contributed by atoms with van der Waals surface area (Å²) in [4.78, 5) is 19.2. The van der Waals surface area contributed by atoms with Gasteiger partial charge in [0, 0.05) is 18.7 Å². The van der Waals surface area contributed by atoms with Crippen molar-refractivity contribution in [2.45, 2.75) is 63.7 Å². The molecule has 0 spiro atoms. The minimum atomic E-state index is 0.112. The molecule has 0 radical (unpaired) electrons. The molecule has 2 heterocycles. The summed E-state index contributed by atoms with van der Waals surface area (Å²) in [6.45, 7) is 3.28. The van der Waals surface area contributed by atoms with Crippen molar-refractivity contribution in [3.05, 3.63) is 47.1 Å². The standard InChI is InChI=1S/C21H27N3O2/c1-15-22-20(26-23-15)19-8-5-13-24(14-19)21(25)18-11-9-17(10-12-18)16-6-3-2-4-7-16/h9-12,16,19H,2-8,13-14H2,1H3. The summed E-state index contributed by atoms with van der Waals surface area (Å²) < 4.78 is 5.32. The lowest BCUT2D eigenvalue weighted by Crippen LogP contribution is -2.39. The molecule has 26 heavy (non-hydrogen) atoms. The molecule has 1 aromatic heterocycles. The first kappa shape index (κ1) is 17.3. The molecule has 0 bridgehead atoms. The number of rotatable bonds is 3. The van der Waals surface area contributed by atoms with E-state index in [0.717, 1.165) is 24.9 Å². The normalized spacial score (nSPS) is 21.7. The Morgan fingerprint density at radius 2 is 1.77 bits per heavy atom. The summed E-state index contributed by atoms with van der Waals surface area (Å²) >= 11 is 0. The van der Waals surface area contributed by atoms with Crippen LogP contribution in [0.3, 0.4) is 0 Å². The first-order valence-electron chi connectivity index (χ1n) is 9.90. The number of benzene rings is 1. The fraction of sp³-hybridized carbons (Fsp3) is 0.571. The summed E-state index contributed by atoms with van der Waals surface area (Å²) in [5, 5.41) is 3.88. The SMILES string of the molecule is Cc1noc(C2CCCN(C(=O)c3ccc(C4CCCCC4)cc3)C2)n1. The minimum Gasteiger partial charge on any atom is -0.339 e. The van der Waals surface area contributed by atoms with E-state index in [9.17, 15) is 4.79 Å². The van der Waals surface area contributed by atoms with Gasteiger partial charge in [-0.05, 0) is 56.2 Å². The van der Waals surface area contributed by atoms with Crippen molar-refractivity contribution < 1.29 is 9.32 Å². The average molecular weight is 353 g/mol. The van der Waals surface area contributed by atoms with Crippen LogP contribution in [0.1, 0.15) is 84.4 Å². The highest BCUT2D eigenvalue weighted by Gasteiger charge is 2.29. The Morgan fingerprint density at radius 1 is 1.04 bits per heavy atom. The molecule has 138 valence electrons. The summed E-state index contributed by atoms with van der Waals surface area (Å²) in [5.74, 6) is 2.25. The first-order valence-corrected chi connectivity index (χ1v) is 9.90. The monoisotopic (exact) mass is 353 g/mol. The summed E-state index contributed by atoms with van der Waals surface area (Å²) in [5.41, 5.74) is 2.17. The van der Waals surface area contributed by atoms with Gasteiger partial charge in [-0.25, -0.2) is 0 Å². The van der Waals surface area contributed by atoms with E-state index in [1.54, 1.807) is 0 Å². The number of hydrogen-bond acceptors (Lipinski definition) is 4. The van der Waals surface area contributed by atoms with Gasteiger partial charge in [0.25, 0.3) is 5.91 Å². The molecule has 4 rings (SSSR count). The van der Waals surface area contributed by atoms with E-state index in [4.69, 9.17) is 4.52 Å². The van der Waals surface area contributed by atoms with E-state index < -0.39 is 0 Å². The zero-order valence-corrected chi connectivity index (χ0v) is 15.5. The molecule has 5 heteroatoms. The molecular formula is C21H27N3O2. The van der Waals surface area contributed by atoms with Crippen molar-refractivity contribution in [3.8, 4) is 0 Å². The number of likely N-dealkylation sites (tertiary alicyclic amines) is 1. The Labute approximate surface area is 154 Å². The molecule has 1 aliphatic heterocycles. The Balaban J connectivity index is 1.43. The summed E-state index contributed by atoms with van der Waals surface area (Å²) in [7, 11) is 0. The number of aromatic nitrogens is 2. The van der Waals surface area contributed by atoms with Crippen LogP contribution in [0.15, 0.2) is 28.8 Å². The molecule has 1 amide bonds. The first-order chi connectivity index (χ1) is 12.7. The van der Waals surface area contributed by atoms with Gasteiger partial charge in [-0.3, -0.25) is 4.79 Å². The van der Waals surface area contributed by atoms with Crippen LogP contribution in [-0.2, 0) is 0 Å². The summed E-state index contributed by atoms with van der Waals surface area (Å²) in [6, 6.07) is 8.33. The Kier molecular flexibility index (Phi) is 5.05. The van der Waals surface area contributed by atoms with Gasteiger partial charge in [0.1, 0.15) is 0 Å². The van der Waals surface area contributed by atoms with E-state index in [0.29, 0.717) is 24.2 Å². The molecule has 1 unspecified atom stereocenters. The molecule has 2 aromatic rings. The minimum absolute atomic E-state index is 0.112. The fourth-order valence-corrected chi connectivity index (χ4v) is 4.36. The van der Waals surface area contributed by atoms with Gasteiger partial charge in [0.2, 0.25) is 5.89 Å². The van der Waals surface area contributed by atoms with Crippen LogP contribution in [0.4, 0.5) is 0 Å². The van der Waals surface area contributed by atoms with E-state index in [2.05, 4.69) is 22.3 Å². The topological polar surface area (TPSA) is 59.2 Å². The Hall–Kier alpha value is -2.17. The second kappa shape index (κ2) is 7.60. The maximum absolute atomic E-state index is 12.9. The fourth-order valence-electron chi connectivity index (χ4n) is 4.36. The quantitative estimate of drug-likeness (QED) is 0.818. The molecule has 1 aliphatic carbocycles. The van der Waals surface area contributed by atoms with Crippen LogP contribution < -0.4 is 0 Å². The Morgan fingerprint density at radius 3 is 2.46 bits per heavy atom. The molecule has 1 saturated heterocycles. The van der Waals surface area contributed by atoms with Crippen LogP contribution >= 0.6 is 0 Å². The smallest absolute Gasteiger partial charge is 0.253 e. The lowest BCUT2D eigenvalue weighted by molar-refractivity contribution is 0.0695. The average Bonchev–Trinajstić information content (AvgIpc) is 3.15. The highest BCUT2D eigenvalue weighted by Crippen LogP contribution is 2.33. The predicted octanol–water partition coefficient (Wildman–Crippen LogP) is 4.45. The Bertz CT molecular complexity index is 747. The highest BCUT2D eigenvalue weighted by atomic mass is 16.5. The molecule has 2 fully saturated rings. The van der Waals surface area contributed by atoms with Gasteiger partial charge in [0.05, 0.1) is 5.92 Å².